The van der Waals surface area contributed by atoms with Crippen LogP contribution in [-0.2, 0) is 11.3 Å². The molecular formula is C16H30IN5O3. The Morgan fingerprint density at radius 3 is 2.44 bits per heavy atom. The molecule has 1 rings (SSSR count). The number of hydrogen-bond donors (Lipinski definition) is 3. The van der Waals surface area contributed by atoms with Crippen molar-refractivity contribution in [1.29, 1.82) is 0 Å². The maximum atomic E-state index is 11.5. The first kappa shape index (κ1) is 23.5. The fraction of sp³-hybridized carbons (Fsp3) is 0.688. The van der Waals surface area contributed by atoms with Crippen LogP contribution >= 0.6 is 24.0 Å². The van der Waals surface area contributed by atoms with Gasteiger partial charge in [0.1, 0.15) is 5.60 Å². The van der Waals surface area contributed by atoms with Gasteiger partial charge in [0, 0.05) is 26.2 Å². The van der Waals surface area contributed by atoms with Crippen LogP contribution in [-0.4, -0.2) is 42.9 Å². The van der Waals surface area contributed by atoms with Crippen LogP contribution in [0.2, 0.25) is 0 Å². The summed E-state index contributed by atoms with van der Waals surface area (Å²) in [7, 11) is 1.68. The van der Waals surface area contributed by atoms with Gasteiger partial charge in [0.05, 0.1) is 12.2 Å². The van der Waals surface area contributed by atoms with Crippen molar-refractivity contribution in [2.45, 2.75) is 52.7 Å². The summed E-state index contributed by atoms with van der Waals surface area (Å²) in [5.41, 5.74) is 0.428. The number of carbonyl (C=O) groups excluding carboxylic acids is 1. The van der Waals surface area contributed by atoms with E-state index in [-0.39, 0.29) is 24.0 Å². The summed E-state index contributed by atoms with van der Waals surface area (Å²) in [5.74, 6) is 1.69. The van der Waals surface area contributed by atoms with Gasteiger partial charge in [0.2, 0.25) is 0 Å². The summed E-state index contributed by atoms with van der Waals surface area (Å²) in [6.07, 6.45) is -0.435. The molecule has 0 aliphatic carbocycles. The van der Waals surface area contributed by atoms with Crippen molar-refractivity contribution in [3.05, 3.63) is 17.5 Å². The zero-order valence-electron chi connectivity index (χ0n) is 15.8. The Kier molecular flexibility index (Phi) is 10.5. The lowest BCUT2D eigenvalue weighted by Crippen LogP contribution is -2.42. The largest absolute Gasteiger partial charge is 0.444 e. The minimum absolute atomic E-state index is 0. The molecular weight excluding hydrogens is 437 g/mol. The Bertz CT molecular complexity index is 552. The van der Waals surface area contributed by atoms with Crippen LogP contribution in [0.15, 0.2) is 15.6 Å². The Morgan fingerprint density at radius 2 is 1.92 bits per heavy atom. The summed E-state index contributed by atoms with van der Waals surface area (Å²) in [6.45, 7) is 11.0. The van der Waals surface area contributed by atoms with E-state index in [9.17, 15) is 4.79 Å². The zero-order chi connectivity index (χ0) is 18.2. The molecule has 0 spiro atoms. The van der Waals surface area contributed by atoms with Crippen LogP contribution in [0.4, 0.5) is 4.79 Å². The zero-order valence-corrected chi connectivity index (χ0v) is 18.1. The highest BCUT2D eigenvalue weighted by atomic mass is 127. The number of amides is 1. The lowest BCUT2D eigenvalue weighted by Gasteiger charge is -2.19. The third-order valence-corrected chi connectivity index (χ3v) is 2.91. The molecule has 0 aromatic carbocycles. The molecule has 25 heavy (non-hydrogen) atoms. The van der Waals surface area contributed by atoms with Crippen LogP contribution in [0, 0.1) is 0 Å². The molecule has 8 nitrogen and oxygen atoms in total. The Balaban J connectivity index is 0.00000576. The Morgan fingerprint density at radius 1 is 1.28 bits per heavy atom. The number of nitrogens with one attached hydrogen (secondary N) is 3. The first-order valence-corrected chi connectivity index (χ1v) is 8.08. The molecule has 0 saturated carbocycles. The first-order valence-electron chi connectivity index (χ1n) is 8.08. The number of halogens is 1. The van der Waals surface area contributed by atoms with Crippen molar-refractivity contribution in [2.75, 3.05) is 20.1 Å². The number of guanidine groups is 1. The van der Waals surface area contributed by atoms with Crippen LogP contribution in [0.5, 0.6) is 0 Å². The third kappa shape index (κ3) is 10.1. The van der Waals surface area contributed by atoms with Gasteiger partial charge in [-0.25, -0.2) is 4.79 Å². The van der Waals surface area contributed by atoms with Crippen molar-refractivity contribution in [3.8, 4) is 0 Å². The number of hydrogen-bond acceptors (Lipinski definition) is 5. The highest BCUT2D eigenvalue weighted by Gasteiger charge is 2.15. The number of nitrogens with zero attached hydrogens (tertiary/aromatic N) is 2. The predicted molar refractivity (Wildman–Crippen MR) is 108 cm³/mol. The lowest BCUT2D eigenvalue weighted by atomic mass is 10.1. The molecule has 1 heterocycles. The van der Waals surface area contributed by atoms with E-state index in [1.165, 1.54) is 0 Å². The van der Waals surface area contributed by atoms with E-state index in [1.54, 1.807) is 7.05 Å². The molecule has 0 saturated heterocycles. The van der Waals surface area contributed by atoms with Gasteiger partial charge in [0.25, 0.3) is 0 Å². The second-order valence-electron chi connectivity index (χ2n) is 6.65. The second kappa shape index (κ2) is 11.2. The van der Waals surface area contributed by atoms with E-state index in [0.717, 1.165) is 11.5 Å². The SMILES string of the molecule is CN=C(NCCNC(=O)OC(C)(C)C)NCc1cc(C(C)C)no1.I. The van der Waals surface area contributed by atoms with Gasteiger partial charge in [-0.15, -0.1) is 24.0 Å². The van der Waals surface area contributed by atoms with E-state index in [1.807, 2.05) is 26.8 Å². The fourth-order valence-electron chi connectivity index (χ4n) is 1.74. The standard InChI is InChI=1S/C16H29N5O3.HI/c1-11(2)13-9-12(24-21-13)10-20-14(17-6)18-7-8-19-15(22)23-16(3,4)5;/h9,11H,7-8,10H2,1-6H3,(H,19,22)(H2,17,18,20);1H. The summed E-state index contributed by atoms with van der Waals surface area (Å²) >= 11 is 0. The number of aromatic nitrogens is 1. The minimum atomic E-state index is -0.499. The third-order valence-electron chi connectivity index (χ3n) is 2.91. The van der Waals surface area contributed by atoms with E-state index < -0.39 is 11.7 Å². The number of rotatable bonds is 6. The van der Waals surface area contributed by atoms with Gasteiger partial charge in [-0.2, -0.15) is 0 Å². The highest BCUT2D eigenvalue weighted by molar-refractivity contribution is 14.0. The Hall–Kier alpha value is -1.52. The number of alkyl carbamates (subject to hydrolysis) is 1. The highest BCUT2D eigenvalue weighted by Crippen LogP contribution is 2.13. The number of aliphatic imine (C=N–C) groups is 1. The van der Waals surface area contributed by atoms with E-state index in [4.69, 9.17) is 9.26 Å². The molecule has 1 amide bonds. The first-order chi connectivity index (χ1) is 11.2. The lowest BCUT2D eigenvalue weighted by molar-refractivity contribution is 0.0529. The fourth-order valence-corrected chi connectivity index (χ4v) is 1.74. The van der Waals surface area contributed by atoms with Crippen LogP contribution in [0.3, 0.4) is 0 Å². The normalized spacial score (nSPS) is 11.7. The summed E-state index contributed by atoms with van der Waals surface area (Å²) < 4.78 is 10.4. The summed E-state index contributed by atoms with van der Waals surface area (Å²) in [6, 6.07) is 1.93. The van der Waals surface area contributed by atoms with Gasteiger partial charge in [-0.3, -0.25) is 4.99 Å². The van der Waals surface area contributed by atoms with Crippen molar-refractivity contribution in [1.82, 2.24) is 21.1 Å². The summed E-state index contributed by atoms with van der Waals surface area (Å²) in [4.78, 5) is 15.6. The average Bonchev–Trinajstić information content (AvgIpc) is 2.93. The second-order valence-corrected chi connectivity index (χ2v) is 6.65. The van der Waals surface area contributed by atoms with Crippen LogP contribution < -0.4 is 16.0 Å². The Labute approximate surface area is 166 Å². The molecule has 0 fully saturated rings. The molecule has 9 heteroatoms. The summed E-state index contributed by atoms with van der Waals surface area (Å²) in [5, 5.41) is 12.9. The monoisotopic (exact) mass is 467 g/mol. The molecule has 144 valence electrons. The van der Waals surface area contributed by atoms with Crippen LogP contribution in [0.1, 0.15) is 52.0 Å². The van der Waals surface area contributed by atoms with E-state index >= 15 is 0 Å². The van der Waals surface area contributed by atoms with E-state index in [0.29, 0.717) is 31.5 Å². The van der Waals surface area contributed by atoms with Crippen molar-refractivity contribution >= 4 is 36.0 Å². The molecule has 0 aliphatic heterocycles. The van der Waals surface area contributed by atoms with Crippen molar-refractivity contribution in [2.24, 2.45) is 4.99 Å². The van der Waals surface area contributed by atoms with Gasteiger partial charge in [0.15, 0.2) is 11.7 Å². The molecule has 1 aromatic heterocycles. The van der Waals surface area contributed by atoms with Gasteiger partial charge >= 0.3 is 6.09 Å². The topological polar surface area (TPSA) is 101 Å². The molecule has 0 bridgehead atoms. The smallest absolute Gasteiger partial charge is 0.407 e. The average molecular weight is 467 g/mol. The van der Waals surface area contributed by atoms with Crippen molar-refractivity contribution < 1.29 is 14.1 Å². The quantitative estimate of drug-likeness (QED) is 0.258. The molecule has 0 unspecified atom stereocenters. The number of ether oxygens (including phenoxy) is 1. The molecule has 0 radical (unpaired) electrons. The van der Waals surface area contributed by atoms with Gasteiger partial charge in [-0.1, -0.05) is 19.0 Å². The van der Waals surface area contributed by atoms with Crippen molar-refractivity contribution in [3.63, 3.8) is 0 Å². The minimum Gasteiger partial charge on any atom is -0.444 e. The maximum absolute atomic E-state index is 11.5. The molecule has 3 N–H and O–H groups in total. The maximum Gasteiger partial charge on any atom is 0.407 e. The number of carbonyl (C=O) groups is 1. The van der Waals surface area contributed by atoms with Gasteiger partial charge in [-0.05, 0) is 26.7 Å². The molecule has 1 aromatic rings. The van der Waals surface area contributed by atoms with Crippen LogP contribution in [0.25, 0.3) is 0 Å². The molecule has 0 aliphatic rings. The van der Waals surface area contributed by atoms with Gasteiger partial charge < -0.3 is 25.2 Å². The predicted octanol–water partition coefficient (Wildman–Crippen LogP) is 2.61. The van der Waals surface area contributed by atoms with E-state index in [2.05, 4.69) is 39.9 Å². The molecule has 0 atom stereocenters.